The summed E-state index contributed by atoms with van der Waals surface area (Å²) in [4.78, 5) is 38.6. The maximum atomic E-state index is 14.1. The van der Waals surface area contributed by atoms with Gasteiger partial charge in [-0.05, 0) is 50.5 Å². The number of amides is 3. The molecule has 0 aliphatic carbocycles. The quantitative estimate of drug-likeness (QED) is 0.538. The molecule has 1 aromatic heterocycles. The number of nitrogens with zero attached hydrogens (tertiary/aromatic N) is 1. The first-order chi connectivity index (χ1) is 14.8. The van der Waals surface area contributed by atoms with Crippen LogP contribution in [0.15, 0.2) is 34.9 Å². The summed E-state index contributed by atoms with van der Waals surface area (Å²) < 4.78 is 19.2. The van der Waals surface area contributed by atoms with Gasteiger partial charge in [-0.1, -0.05) is 13.8 Å². The van der Waals surface area contributed by atoms with Gasteiger partial charge in [0.1, 0.15) is 11.6 Å². The summed E-state index contributed by atoms with van der Waals surface area (Å²) in [5.74, 6) is -0.924. The predicted molar refractivity (Wildman–Crippen MR) is 117 cm³/mol. The van der Waals surface area contributed by atoms with E-state index < -0.39 is 11.7 Å². The van der Waals surface area contributed by atoms with E-state index in [0.29, 0.717) is 29.9 Å². The fraction of sp³-hybridized carbons (Fsp3) is 0.435. The standard InChI is InChI=1S/C23H30FN3O4/c1-4-12-27(13-5-2)22(29)8-6-7-21(28)25-17-9-10-19(24)20(15-17)26-23(30)18-11-14-31-16(18)3/h9-11,14-15H,4-8,12-13H2,1-3H3,(H,25,28)(H,26,30). The average Bonchev–Trinajstić information content (AvgIpc) is 3.16. The number of aryl methyl sites for hydroxylation is 1. The molecule has 1 aromatic carbocycles. The lowest BCUT2D eigenvalue weighted by molar-refractivity contribution is -0.131. The van der Waals surface area contributed by atoms with E-state index in [2.05, 4.69) is 10.6 Å². The fourth-order valence-corrected chi connectivity index (χ4v) is 3.19. The van der Waals surface area contributed by atoms with E-state index >= 15 is 0 Å². The third-order valence-corrected chi connectivity index (χ3v) is 4.74. The summed E-state index contributed by atoms with van der Waals surface area (Å²) in [6, 6.07) is 5.44. The molecule has 1 heterocycles. The second-order valence-electron chi connectivity index (χ2n) is 7.32. The van der Waals surface area contributed by atoms with Gasteiger partial charge in [-0.3, -0.25) is 14.4 Å². The zero-order valence-electron chi connectivity index (χ0n) is 18.3. The molecule has 0 aliphatic heterocycles. The molecule has 0 fully saturated rings. The molecule has 0 radical (unpaired) electrons. The fourth-order valence-electron chi connectivity index (χ4n) is 3.19. The van der Waals surface area contributed by atoms with E-state index in [0.717, 1.165) is 25.9 Å². The molecule has 0 unspecified atom stereocenters. The van der Waals surface area contributed by atoms with Crippen LogP contribution in [0.1, 0.15) is 62.1 Å². The van der Waals surface area contributed by atoms with Crippen molar-refractivity contribution < 1.29 is 23.2 Å². The normalized spacial score (nSPS) is 10.6. The number of hydrogen-bond donors (Lipinski definition) is 2. The number of rotatable bonds is 11. The molecular formula is C23H30FN3O4. The van der Waals surface area contributed by atoms with Crippen molar-refractivity contribution in [2.45, 2.75) is 52.9 Å². The highest BCUT2D eigenvalue weighted by molar-refractivity contribution is 6.05. The number of carbonyl (C=O) groups is 3. The molecule has 0 spiro atoms. The van der Waals surface area contributed by atoms with E-state index in [1.54, 1.807) is 6.92 Å². The zero-order valence-corrected chi connectivity index (χ0v) is 18.3. The highest BCUT2D eigenvalue weighted by atomic mass is 19.1. The van der Waals surface area contributed by atoms with Gasteiger partial charge < -0.3 is 20.0 Å². The molecule has 31 heavy (non-hydrogen) atoms. The zero-order chi connectivity index (χ0) is 22.8. The van der Waals surface area contributed by atoms with Crippen molar-refractivity contribution in [1.82, 2.24) is 4.90 Å². The van der Waals surface area contributed by atoms with Crippen molar-refractivity contribution in [1.29, 1.82) is 0 Å². The molecule has 2 N–H and O–H groups in total. The Labute approximate surface area is 182 Å². The van der Waals surface area contributed by atoms with Crippen LogP contribution in [-0.2, 0) is 9.59 Å². The van der Waals surface area contributed by atoms with Crippen molar-refractivity contribution in [3.05, 3.63) is 47.7 Å². The Balaban J connectivity index is 1.89. The van der Waals surface area contributed by atoms with Gasteiger partial charge in [0.05, 0.1) is 17.5 Å². The van der Waals surface area contributed by atoms with Crippen LogP contribution < -0.4 is 10.6 Å². The molecule has 168 valence electrons. The van der Waals surface area contributed by atoms with E-state index in [1.165, 1.54) is 30.5 Å². The molecule has 0 aliphatic rings. The minimum Gasteiger partial charge on any atom is -0.469 e. The Morgan fingerprint density at radius 1 is 1.03 bits per heavy atom. The highest BCUT2D eigenvalue weighted by Gasteiger charge is 2.15. The lowest BCUT2D eigenvalue weighted by Crippen LogP contribution is -2.32. The van der Waals surface area contributed by atoms with Gasteiger partial charge in [0.2, 0.25) is 11.8 Å². The minimum atomic E-state index is -0.620. The SMILES string of the molecule is CCCN(CCC)C(=O)CCCC(=O)Nc1ccc(F)c(NC(=O)c2ccoc2C)c1. The van der Waals surface area contributed by atoms with Gasteiger partial charge in [-0.25, -0.2) is 4.39 Å². The van der Waals surface area contributed by atoms with E-state index in [-0.39, 0.29) is 23.9 Å². The molecule has 2 aromatic rings. The number of nitrogens with one attached hydrogen (secondary N) is 2. The van der Waals surface area contributed by atoms with Gasteiger partial charge in [-0.2, -0.15) is 0 Å². The second kappa shape index (κ2) is 11.9. The largest absolute Gasteiger partial charge is 0.469 e. The van der Waals surface area contributed by atoms with Crippen LogP contribution in [0.5, 0.6) is 0 Å². The number of hydrogen-bond acceptors (Lipinski definition) is 4. The summed E-state index contributed by atoms with van der Waals surface area (Å²) >= 11 is 0. The smallest absolute Gasteiger partial charge is 0.259 e. The van der Waals surface area contributed by atoms with E-state index in [1.807, 2.05) is 18.7 Å². The van der Waals surface area contributed by atoms with Crippen LogP contribution in [-0.4, -0.2) is 35.7 Å². The summed E-state index contributed by atoms with van der Waals surface area (Å²) in [5, 5.41) is 5.17. The van der Waals surface area contributed by atoms with Crippen LogP contribution in [0.4, 0.5) is 15.8 Å². The Kier molecular flexibility index (Phi) is 9.24. The van der Waals surface area contributed by atoms with Crippen molar-refractivity contribution in [3.8, 4) is 0 Å². The lowest BCUT2D eigenvalue weighted by Gasteiger charge is -2.21. The maximum absolute atomic E-state index is 14.1. The van der Waals surface area contributed by atoms with Gasteiger partial charge in [0, 0.05) is 31.6 Å². The molecule has 0 bridgehead atoms. The number of furan rings is 1. The molecule has 3 amide bonds. The van der Waals surface area contributed by atoms with Crippen LogP contribution >= 0.6 is 0 Å². The van der Waals surface area contributed by atoms with Crippen molar-refractivity contribution in [2.24, 2.45) is 0 Å². The minimum absolute atomic E-state index is 0.0478. The van der Waals surface area contributed by atoms with Crippen molar-refractivity contribution in [3.63, 3.8) is 0 Å². The molecular weight excluding hydrogens is 401 g/mol. The second-order valence-corrected chi connectivity index (χ2v) is 7.32. The first kappa shape index (κ1) is 24.1. The molecule has 7 nitrogen and oxygen atoms in total. The summed E-state index contributed by atoms with van der Waals surface area (Å²) in [5.41, 5.74) is 0.614. The topological polar surface area (TPSA) is 91.7 Å². The van der Waals surface area contributed by atoms with Gasteiger partial charge >= 0.3 is 0 Å². The molecule has 2 rings (SSSR count). The van der Waals surface area contributed by atoms with Gasteiger partial charge in [0.15, 0.2) is 0 Å². The monoisotopic (exact) mass is 431 g/mol. The number of anilines is 2. The number of carbonyl (C=O) groups excluding carboxylic acids is 3. The summed E-state index contributed by atoms with van der Waals surface area (Å²) in [6.07, 6.45) is 4.09. The Hall–Kier alpha value is -3.16. The molecule has 0 atom stereocenters. The van der Waals surface area contributed by atoms with E-state index in [9.17, 15) is 18.8 Å². The van der Waals surface area contributed by atoms with Gasteiger partial charge in [-0.15, -0.1) is 0 Å². The van der Waals surface area contributed by atoms with Crippen molar-refractivity contribution >= 4 is 29.1 Å². The highest BCUT2D eigenvalue weighted by Crippen LogP contribution is 2.21. The lowest BCUT2D eigenvalue weighted by atomic mass is 10.2. The van der Waals surface area contributed by atoms with Crippen LogP contribution in [0.3, 0.4) is 0 Å². The predicted octanol–water partition coefficient (Wildman–Crippen LogP) is 4.74. The van der Waals surface area contributed by atoms with Crippen LogP contribution in [0.25, 0.3) is 0 Å². The Morgan fingerprint density at radius 2 is 1.74 bits per heavy atom. The van der Waals surface area contributed by atoms with Crippen LogP contribution in [0, 0.1) is 12.7 Å². The Morgan fingerprint density at radius 3 is 2.35 bits per heavy atom. The third-order valence-electron chi connectivity index (χ3n) is 4.74. The summed E-state index contributed by atoms with van der Waals surface area (Å²) in [6.45, 7) is 7.14. The molecule has 0 saturated heterocycles. The third kappa shape index (κ3) is 7.24. The average molecular weight is 432 g/mol. The molecule has 0 saturated carbocycles. The number of halogens is 1. The van der Waals surface area contributed by atoms with E-state index in [4.69, 9.17) is 4.42 Å². The summed E-state index contributed by atoms with van der Waals surface area (Å²) in [7, 11) is 0. The van der Waals surface area contributed by atoms with Gasteiger partial charge in [0.25, 0.3) is 5.91 Å². The maximum Gasteiger partial charge on any atom is 0.259 e. The van der Waals surface area contributed by atoms with Crippen LogP contribution in [0.2, 0.25) is 0 Å². The number of benzene rings is 1. The Bertz CT molecular complexity index is 904. The van der Waals surface area contributed by atoms with Crippen molar-refractivity contribution in [2.75, 3.05) is 23.7 Å². The first-order valence-electron chi connectivity index (χ1n) is 10.6. The molecule has 8 heteroatoms. The first-order valence-corrected chi connectivity index (χ1v) is 10.6.